The molecule has 3 aromatic rings. The summed E-state index contributed by atoms with van der Waals surface area (Å²) in [6, 6.07) is 15.3. The van der Waals surface area contributed by atoms with Gasteiger partial charge in [0.2, 0.25) is 0 Å². The van der Waals surface area contributed by atoms with Crippen LogP contribution in [0.4, 0.5) is 4.79 Å². The summed E-state index contributed by atoms with van der Waals surface area (Å²) in [5.41, 5.74) is 6.59. The number of carbonyl (C=O) groups excluding carboxylic acids is 2. The van der Waals surface area contributed by atoms with E-state index in [0.717, 1.165) is 34.4 Å². The lowest BCUT2D eigenvalue weighted by Gasteiger charge is -2.14. The fourth-order valence-corrected chi connectivity index (χ4v) is 4.88. The van der Waals surface area contributed by atoms with Crippen molar-refractivity contribution in [3.63, 3.8) is 0 Å². The molecule has 1 fully saturated rings. The molecule has 2 heterocycles. The number of benzene rings is 2. The molecule has 4 rings (SSSR count). The summed E-state index contributed by atoms with van der Waals surface area (Å²) >= 11 is 6.84. The Morgan fingerprint density at radius 3 is 2.48 bits per heavy atom. The van der Waals surface area contributed by atoms with Crippen molar-refractivity contribution in [1.82, 2.24) is 9.47 Å². The molecule has 0 atom stereocenters. The van der Waals surface area contributed by atoms with Crippen molar-refractivity contribution < 1.29 is 14.3 Å². The van der Waals surface area contributed by atoms with E-state index in [4.69, 9.17) is 16.3 Å². The number of aryl methyl sites for hydroxylation is 2. The van der Waals surface area contributed by atoms with Crippen molar-refractivity contribution in [2.75, 3.05) is 13.2 Å². The Kier molecular flexibility index (Phi) is 6.68. The highest BCUT2D eigenvalue weighted by atomic mass is 35.5. The van der Waals surface area contributed by atoms with Gasteiger partial charge in [-0.15, -0.1) is 0 Å². The second kappa shape index (κ2) is 9.49. The molecule has 0 saturated carbocycles. The second-order valence-electron chi connectivity index (χ2n) is 8.02. The van der Waals surface area contributed by atoms with Crippen molar-refractivity contribution in [2.24, 2.45) is 0 Å². The van der Waals surface area contributed by atoms with Crippen LogP contribution in [0.5, 0.6) is 5.75 Å². The molecule has 1 saturated heterocycles. The quantitative estimate of drug-likeness (QED) is 0.379. The van der Waals surface area contributed by atoms with Gasteiger partial charge in [-0.05, 0) is 98.6 Å². The van der Waals surface area contributed by atoms with Gasteiger partial charge in [0, 0.05) is 22.1 Å². The van der Waals surface area contributed by atoms with Crippen LogP contribution in [-0.2, 0) is 4.79 Å². The first-order valence-electron chi connectivity index (χ1n) is 10.7. The molecule has 0 bridgehead atoms. The predicted molar refractivity (Wildman–Crippen MR) is 134 cm³/mol. The third-order valence-corrected chi connectivity index (χ3v) is 7.00. The minimum absolute atomic E-state index is 0.187. The van der Waals surface area contributed by atoms with E-state index < -0.39 is 0 Å². The number of thioether (sulfide) groups is 1. The van der Waals surface area contributed by atoms with Crippen LogP contribution in [-0.4, -0.2) is 33.8 Å². The number of hydrogen-bond donors (Lipinski definition) is 0. The first kappa shape index (κ1) is 23.2. The number of imide groups is 1. The zero-order chi connectivity index (χ0) is 23.7. The molecule has 2 amide bonds. The van der Waals surface area contributed by atoms with Crippen molar-refractivity contribution in [3.05, 3.63) is 86.5 Å². The van der Waals surface area contributed by atoms with E-state index in [1.165, 1.54) is 16.0 Å². The Morgan fingerprint density at radius 1 is 1.03 bits per heavy atom. The maximum absolute atomic E-state index is 12.9. The van der Waals surface area contributed by atoms with Crippen molar-refractivity contribution in [1.29, 1.82) is 0 Å². The maximum atomic E-state index is 12.9. The van der Waals surface area contributed by atoms with Crippen molar-refractivity contribution in [3.8, 4) is 11.4 Å². The van der Waals surface area contributed by atoms with Crippen LogP contribution in [0, 0.1) is 27.7 Å². The molecular formula is C26H25ClN2O3S. The Hall–Kier alpha value is -2.96. The van der Waals surface area contributed by atoms with Crippen LogP contribution >= 0.6 is 23.4 Å². The van der Waals surface area contributed by atoms with Gasteiger partial charge in [-0.1, -0.05) is 23.7 Å². The van der Waals surface area contributed by atoms with Crippen LogP contribution in [0.2, 0.25) is 5.02 Å². The lowest BCUT2D eigenvalue weighted by Crippen LogP contribution is -2.32. The molecular weight excluding hydrogens is 456 g/mol. The van der Waals surface area contributed by atoms with Crippen LogP contribution < -0.4 is 4.74 Å². The highest BCUT2D eigenvalue weighted by Crippen LogP contribution is 2.34. The first-order valence-corrected chi connectivity index (χ1v) is 11.8. The topological polar surface area (TPSA) is 51.5 Å². The van der Waals surface area contributed by atoms with E-state index in [-0.39, 0.29) is 24.3 Å². The molecule has 1 aliphatic heterocycles. The molecule has 1 aromatic heterocycles. The van der Waals surface area contributed by atoms with Gasteiger partial charge in [-0.25, -0.2) is 0 Å². The minimum atomic E-state index is -0.291. The Bertz CT molecular complexity index is 1260. The van der Waals surface area contributed by atoms with E-state index >= 15 is 0 Å². The van der Waals surface area contributed by atoms with Crippen LogP contribution in [0.3, 0.4) is 0 Å². The predicted octanol–water partition coefficient (Wildman–Crippen LogP) is 6.48. The van der Waals surface area contributed by atoms with Crippen LogP contribution in [0.25, 0.3) is 11.8 Å². The third-order valence-electron chi connectivity index (χ3n) is 5.84. The van der Waals surface area contributed by atoms with Gasteiger partial charge in [0.25, 0.3) is 11.1 Å². The third kappa shape index (κ3) is 4.72. The average Bonchev–Trinajstić information content (AvgIpc) is 3.21. The average molecular weight is 481 g/mol. The summed E-state index contributed by atoms with van der Waals surface area (Å²) in [4.78, 5) is 27.1. The van der Waals surface area contributed by atoms with Crippen molar-refractivity contribution >= 4 is 40.6 Å². The molecule has 1 aliphatic rings. The van der Waals surface area contributed by atoms with E-state index in [1.807, 2.05) is 26.0 Å². The zero-order valence-corrected chi connectivity index (χ0v) is 20.6. The summed E-state index contributed by atoms with van der Waals surface area (Å²) < 4.78 is 7.84. The van der Waals surface area contributed by atoms with Gasteiger partial charge >= 0.3 is 0 Å². The van der Waals surface area contributed by atoms with Gasteiger partial charge in [-0.2, -0.15) is 0 Å². The van der Waals surface area contributed by atoms with Crippen molar-refractivity contribution in [2.45, 2.75) is 27.7 Å². The molecule has 7 heteroatoms. The van der Waals surface area contributed by atoms with Gasteiger partial charge in [0.1, 0.15) is 12.4 Å². The molecule has 5 nitrogen and oxygen atoms in total. The summed E-state index contributed by atoms with van der Waals surface area (Å²) in [6.45, 7) is 8.69. The SMILES string of the molecule is Cc1cccc(-n2c(C)cc(/C=C3\SC(=O)N(CCOc4ccc(Cl)cc4)C3=O)c2C)c1C. The van der Waals surface area contributed by atoms with Gasteiger partial charge in [-0.3, -0.25) is 14.5 Å². The number of ether oxygens (including phenoxy) is 1. The first-order chi connectivity index (χ1) is 15.8. The molecule has 0 spiro atoms. The van der Waals surface area contributed by atoms with Crippen LogP contribution in [0.15, 0.2) is 53.4 Å². The standard InChI is InChI=1S/C26H25ClN2O3S/c1-16-6-5-7-23(18(16)3)29-17(2)14-20(19(29)4)15-24-25(30)28(26(31)33-24)12-13-32-22-10-8-21(27)9-11-22/h5-11,14-15H,12-13H2,1-4H3/b24-15-. The number of aromatic nitrogens is 1. The zero-order valence-electron chi connectivity index (χ0n) is 19.0. The monoisotopic (exact) mass is 480 g/mol. The lowest BCUT2D eigenvalue weighted by atomic mass is 10.1. The summed E-state index contributed by atoms with van der Waals surface area (Å²) in [7, 11) is 0. The maximum Gasteiger partial charge on any atom is 0.293 e. The van der Waals surface area contributed by atoms with Gasteiger partial charge in [0.15, 0.2) is 0 Å². The highest BCUT2D eigenvalue weighted by Gasteiger charge is 2.35. The molecule has 0 unspecified atom stereocenters. The summed E-state index contributed by atoms with van der Waals surface area (Å²) in [5, 5.41) is 0.338. The molecule has 2 aromatic carbocycles. The molecule has 0 radical (unpaired) electrons. The Labute approximate surface area is 203 Å². The number of hydrogen-bond acceptors (Lipinski definition) is 4. The van der Waals surface area contributed by atoms with E-state index in [1.54, 1.807) is 24.3 Å². The Balaban J connectivity index is 1.51. The van der Waals surface area contributed by atoms with E-state index in [9.17, 15) is 9.59 Å². The normalized spacial score (nSPS) is 15.1. The van der Waals surface area contributed by atoms with E-state index in [0.29, 0.717) is 15.7 Å². The summed E-state index contributed by atoms with van der Waals surface area (Å²) in [6.07, 6.45) is 1.81. The number of rotatable bonds is 6. The van der Waals surface area contributed by atoms with Gasteiger partial charge < -0.3 is 9.30 Å². The molecule has 0 N–H and O–H groups in total. The number of amides is 2. The smallest absolute Gasteiger partial charge is 0.293 e. The van der Waals surface area contributed by atoms with E-state index in [2.05, 4.69) is 36.6 Å². The second-order valence-corrected chi connectivity index (χ2v) is 9.45. The number of nitrogens with zero attached hydrogens (tertiary/aromatic N) is 2. The molecule has 0 aliphatic carbocycles. The minimum Gasteiger partial charge on any atom is -0.492 e. The highest BCUT2D eigenvalue weighted by molar-refractivity contribution is 8.18. The number of halogens is 1. The fourth-order valence-electron chi connectivity index (χ4n) is 3.90. The summed E-state index contributed by atoms with van der Waals surface area (Å²) in [5.74, 6) is 0.349. The largest absolute Gasteiger partial charge is 0.492 e. The van der Waals surface area contributed by atoms with Crippen LogP contribution in [0.1, 0.15) is 28.1 Å². The lowest BCUT2D eigenvalue weighted by molar-refractivity contribution is -0.123. The number of carbonyl (C=O) groups is 2. The molecule has 33 heavy (non-hydrogen) atoms. The van der Waals surface area contributed by atoms with Gasteiger partial charge in [0.05, 0.1) is 11.4 Å². The molecule has 170 valence electrons. The Morgan fingerprint density at radius 2 is 1.76 bits per heavy atom. The fraction of sp³-hybridized carbons (Fsp3) is 0.231.